The molecule has 1 amide bonds. The number of benzene rings is 2. The fourth-order valence-corrected chi connectivity index (χ4v) is 3.71. The smallest absolute Gasteiger partial charge is 0.269 e. The lowest BCUT2D eigenvalue weighted by Gasteiger charge is -2.35. The molecule has 7 nitrogen and oxygen atoms in total. The summed E-state index contributed by atoms with van der Waals surface area (Å²) in [4.78, 5) is 19.5. The number of rotatable bonds is 7. The molecule has 0 spiro atoms. The highest BCUT2D eigenvalue weighted by Gasteiger charge is 2.24. The van der Waals surface area contributed by atoms with Crippen molar-refractivity contribution in [3.63, 3.8) is 0 Å². The summed E-state index contributed by atoms with van der Waals surface area (Å²) in [5.74, 6) is 0.665. The van der Waals surface area contributed by atoms with Gasteiger partial charge in [-0.15, -0.1) is 0 Å². The van der Waals surface area contributed by atoms with E-state index in [2.05, 4.69) is 27.3 Å². The van der Waals surface area contributed by atoms with Crippen LogP contribution in [-0.2, 0) is 4.74 Å². The van der Waals surface area contributed by atoms with Crippen LogP contribution in [0.5, 0.6) is 5.75 Å². The van der Waals surface area contributed by atoms with Crippen LogP contribution in [0, 0.1) is 0 Å². The Bertz CT molecular complexity index is 950. The van der Waals surface area contributed by atoms with Crippen LogP contribution >= 0.6 is 0 Å². The summed E-state index contributed by atoms with van der Waals surface area (Å²) in [6.45, 7) is 3.54. The molecular weight excluding hydrogens is 380 g/mol. The minimum absolute atomic E-state index is 0.0526. The maximum absolute atomic E-state index is 13.0. The van der Waals surface area contributed by atoms with Gasteiger partial charge >= 0.3 is 0 Å². The number of hydrogen-bond donors (Lipinski definition) is 1. The van der Waals surface area contributed by atoms with E-state index in [9.17, 15) is 4.79 Å². The Morgan fingerprint density at radius 2 is 1.87 bits per heavy atom. The standard InChI is InChI=1S/C23H26N4O3/c1-29-20-9-7-18(8-10-20)21(26-11-13-30-14-12-26)16-25-23(28)22-15-24-17-27(22)19-5-3-2-4-6-19/h2-10,15,17,21H,11-14,16H2,1H3,(H,25,28)/t21-/m0/s1. The number of aromatic nitrogens is 2. The van der Waals surface area contributed by atoms with Gasteiger partial charge in [-0.3, -0.25) is 14.3 Å². The van der Waals surface area contributed by atoms with Gasteiger partial charge in [-0.2, -0.15) is 0 Å². The fourth-order valence-electron chi connectivity index (χ4n) is 3.71. The van der Waals surface area contributed by atoms with Crippen molar-refractivity contribution in [1.82, 2.24) is 19.8 Å². The molecule has 0 bridgehead atoms. The van der Waals surface area contributed by atoms with E-state index in [0.29, 0.717) is 25.5 Å². The quantitative estimate of drug-likeness (QED) is 0.653. The van der Waals surface area contributed by atoms with E-state index in [4.69, 9.17) is 9.47 Å². The highest BCUT2D eigenvalue weighted by atomic mass is 16.5. The van der Waals surface area contributed by atoms with E-state index in [0.717, 1.165) is 30.1 Å². The van der Waals surface area contributed by atoms with Gasteiger partial charge in [0.15, 0.2) is 0 Å². The third-order valence-corrected chi connectivity index (χ3v) is 5.35. The first kappa shape index (κ1) is 20.1. The molecule has 1 aromatic heterocycles. The highest BCUT2D eigenvalue weighted by Crippen LogP contribution is 2.24. The first-order chi connectivity index (χ1) is 14.8. The van der Waals surface area contributed by atoms with Crippen molar-refractivity contribution in [2.45, 2.75) is 6.04 Å². The lowest BCUT2D eigenvalue weighted by atomic mass is 10.0. The van der Waals surface area contributed by atoms with E-state index < -0.39 is 0 Å². The Balaban J connectivity index is 1.51. The van der Waals surface area contributed by atoms with Crippen LogP contribution in [0.25, 0.3) is 5.69 Å². The highest BCUT2D eigenvalue weighted by molar-refractivity contribution is 5.93. The molecule has 0 unspecified atom stereocenters. The molecule has 1 aliphatic rings. The number of amides is 1. The first-order valence-electron chi connectivity index (χ1n) is 10.1. The van der Waals surface area contributed by atoms with Gasteiger partial charge in [-0.1, -0.05) is 30.3 Å². The Kier molecular flexibility index (Phi) is 6.41. The number of carbonyl (C=O) groups excluding carboxylic acids is 1. The zero-order valence-electron chi connectivity index (χ0n) is 17.0. The second kappa shape index (κ2) is 9.56. The van der Waals surface area contributed by atoms with E-state index >= 15 is 0 Å². The monoisotopic (exact) mass is 406 g/mol. The third-order valence-electron chi connectivity index (χ3n) is 5.35. The van der Waals surface area contributed by atoms with Crippen molar-refractivity contribution < 1.29 is 14.3 Å². The Morgan fingerprint density at radius 1 is 1.13 bits per heavy atom. The zero-order chi connectivity index (χ0) is 20.8. The molecule has 1 aliphatic heterocycles. The van der Waals surface area contributed by atoms with Gasteiger partial charge in [0.25, 0.3) is 5.91 Å². The maximum atomic E-state index is 13.0. The zero-order valence-corrected chi connectivity index (χ0v) is 17.0. The molecule has 0 saturated carbocycles. The van der Waals surface area contributed by atoms with Crippen molar-refractivity contribution in [2.75, 3.05) is 40.0 Å². The van der Waals surface area contributed by atoms with Gasteiger partial charge in [0.2, 0.25) is 0 Å². The van der Waals surface area contributed by atoms with Crippen molar-refractivity contribution in [3.8, 4) is 11.4 Å². The lowest BCUT2D eigenvalue weighted by molar-refractivity contribution is 0.0162. The number of para-hydroxylation sites is 1. The Labute approximate surface area is 176 Å². The molecule has 1 N–H and O–H groups in total. The number of ether oxygens (including phenoxy) is 2. The van der Waals surface area contributed by atoms with Gasteiger partial charge < -0.3 is 14.8 Å². The molecule has 1 atom stereocenters. The molecule has 2 heterocycles. The summed E-state index contributed by atoms with van der Waals surface area (Å²) in [7, 11) is 1.66. The fraction of sp³-hybridized carbons (Fsp3) is 0.304. The number of methoxy groups -OCH3 is 1. The van der Waals surface area contributed by atoms with Crippen LogP contribution in [0.4, 0.5) is 0 Å². The van der Waals surface area contributed by atoms with Crippen LogP contribution in [0.2, 0.25) is 0 Å². The van der Waals surface area contributed by atoms with Crippen LogP contribution in [0.1, 0.15) is 22.1 Å². The van der Waals surface area contributed by atoms with Gasteiger partial charge in [-0.25, -0.2) is 4.98 Å². The second-order valence-corrected chi connectivity index (χ2v) is 7.13. The van der Waals surface area contributed by atoms with Gasteiger partial charge in [-0.05, 0) is 29.8 Å². The summed E-state index contributed by atoms with van der Waals surface area (Å²) >= 11 is 0. The lowest BCUT2D eigenvalue weighted by Crippen LogP contribution is -2.44. The van der Waals surface area contributed by atoms with Gasteiger partial charge in [0.05, 0.1) is 38.9 Å². The predicted octanol–water partition coefficient (Wildman–Crippen LogP) is 2.68. The van der Waals surface area contributed by atoms with Crippen LogP contribution < -0.4 is 10.1 Å². The minimum Gasteiger partial charge on any atom is -0.497 e. The number of imidazole rings is 1. The van der Waals surface area contributed by atoms with Crippen LogP contribution in [0.15, 0.2) is 67.1 Å². The summed E-state index contributed by atoms with van der Waals surface area (Å²) in [6.07, 6.45) is 3.26. The number of nitrogens with zero attached hydrogens (tertiary/aromatic N) is 3. The average molecular weight is 406 g/mol. The summed E-state index contributed by atoms with van der Waals surface area (Å²) in [5, 5.41) is 3.11. The number of nitrogens with one attached hydrogen (secondary N) is 1. The van der Waals surface area contributed by atoms with Gasteiger partial charge in [0, 0.05) is 25.3 Å². The van der Waals surface area contributed by atoms with E-state index in [-0.39, 0.29) is 11.9 Å². The molecule has 156 valence electrons. The van der Waals surface area contributed by atoms with Crippen molar-refractivity contribution in [3.05, 3.63) is 78.4 Å². The predicted molar refractivity (Wildman–Crippen MR) is 114 cm³/mol. The van der Waals surface area contributed by atoms with E-state index in [1.165, 1.54) is 0 Å². The van der Waals surface area contributed by atoms with Crippen molar-refractivity contribution >= 4 is 5.91 Å². The molecule has 1 fully saturated rings. The number of morpholine rings is 1. The molecule has 30 heavy (non-hydrogen) atoms. The third kappa shape index (κ3) is 4.53. The molecule has 2 aromatic carbocycles. The SMILES string of the molecule is COc1ccc([C@H](CNC(=O)c2cncn2-c2ccccc2)N2CCOCC2)cc1. The normalized spacial score (nSPS) is 15.5. The summed E-state index contributed by atoms with van der Waals surface area (Å²) in [6, 6.07) is 17.8. The molecular formula is C23H26N4O3. The second-order valence-electron chi connectivity index (χ2n) is 7.13. The largest absolute Gasteiger partial charge is 0.497 e. The Hall–Kier alpha value is -3.16. The molecule has 0 radical (unpaired) electrons. The number of hydrogen-bond acceptors (Lipinski definition) is 5. The van der Waals surface area contributed by atoms with Crippen molar-refractivity contribution in [2.24, 2.45) is 0 Å². The number of carbonyl (C=O) groups is 1. The Morgan fingerprint density at radius 3 is 2.57 bits per heavy atom. The molecule has 0 aliphatic carbocycles. The van der Waals surface area contributed by atoms with Crippen LogP contribution in [0.3, 0.4) is 0 Å². The topological polar surface area (TPSA) is 68.6 Å². The first-order valence-corrected chi connectivity index (χ1v) is 10.1. The minimum atomic E-state index is -0.150. The maximum Gasteiger partial charge on any atom is 0.269 e. The molecule has 3 aromatic rings. The summed E-state index contributed by atoms with van der Waals surface area (Å²) in [5.41, 5.74) is 2.55. The van der Waals surface area contributed by atoms with E-state index in [1.54, 1.807) is 24.2 Å². The molecule has 4 rings (SSSR count). The van der Waals surface area contributed by atoms with Crippen molar-refractivity contribution in [1.29, 1.82) is 0 Å². The molecule has 1 saturated heterocycles. The van der Waals surface area contributed by atoms with Gasteiger partial charge in [0.1, 0.15) is 11.4 Å². The average Bonchev–Trinajstić information content (AvgIpc) is 3.31. The molecule has 7 heteroatoms. The summed E-state index contributed by atoms with van der Waals surface area (Å²) < 4.78 is 12.6. The van der Waals surface area contributed by atoms with Crippen LogP contribution in [-0.4, -0.2) is 60.3 Å². The van der Waals surface area contributed by atoms with E-state index in [1.807, 2.05) is 42.5 Å².